The largest absolute Gasteiger partial charge is 0.322 e. The molecular formula is C21H23N3O5S2. The van der Waals surface area contributed by atoms with Gasteiger partial charge in [-0.15, -0.1) is 0 Å². The van der Waals surface area contributed by atoms with Crippen molar-refractivity contribution in [1.29, 1.82) is 5.26 Å². The lowest BCUT2D eigenvalue weighted by Crippen LogP contribution is -2.35. The fraction of sp³-hybridized carbons (Fsp3) is 0.333. The lowest BCUT2D eigenvalue weighted by molar-refractivity contribution is 0.102. The van der Waals surface area contributed by atoms with E-state index in [4.69, 9.17) is 0 Å². The third-order valence-corrected chi connectivity index (χ3v) is 8.43. The van der Waals surface area contributed by atoms with Crippen LogP contribution in [-0.4, -0.2) is 40.3 Å². The van der Waals surface area contributed by atoms with Gasteiger partial charge in [0.25, 0.3) is 5.91 Å². The van der Waals surface area contributed by atoms with E-state index in [1.165, 1.54) is 24.3 Å². The molecule has 3 rings (SSSR count). The number of sulfonamides is 1. The molecule has 0 saturated carbocycles. The normalized spacial score (nSPS) is 18.3. The number of nitriles is 1. The van der Waals surface area contributed by atoms with Crippen LogP contribution in [0.25, 0.3) is 0 Å². The Morgan fingerprint density at radius 2 is 1.71 bits per heavy atom. The number of sulfone groups is 1. The van der Waals surface area contributed by atoms with Crippen molar-refractivity contribution in [3.8, 4) is 6.07 Å². The average Bonchev–Trinajstić information content (AvgIpc) is 3.06. The number of nitrogens with zero attached hydrogens (tertiary/aromatic N) is 1. The van der Waals surface area contributed by atoms with E-state index in [1.54, 1.807) is 38.1 Å². The summed E-state index contributed by atoms with van der Waals surface area (Å²) in [5.74, 6) is -0.656. The molecular weight excluding hydrogens is 438 g/mol. The molecule has 2 N–H and O–H groups in total. The summed E-state index contributed by atoms with van der Waals surface area (Å²) in [5.41, 5.74) is 0.998. The van der Waals surface area contributed by atoms with Gasteiger partial charge >= 0.3 is 0 Å². The van der Waals surface area contributed by atoms with Gasteiger partial charge in [0.15, 0.2) is 9.84 Å². The molecule has 10 heteroatoms. The van der Waals surface area contributed by atoms with Crippen LogP contribution in [0, 0.1) is 11.3 Å². The Balaban J connectivity index is 1.67. The van der Waals surface area contributed by atoms with Gasteiger partial charge in [0.2, 0.25) is 10.0 Å². The van der Waals surface area contributed by atoms with E-state index < -0.39 is 37.2 Å². The lowest BCUT2D eigenvalue weighted by Gasteiger charge is -2.16. The van der Waals surface area contributed by atoms with E-state index in [0.717, 1.165) is 5.56 Å². The van der Waals surface area contributed by atoms with Gasteiger partial charge in [-0.05, 0) is 62.2 Å². The van der Waals surface area contributed by atoms with Crippen LogP contribution in [-0.2, 0) is 25.3 Å². The van der Waals surface area contributed by atoms with Crippen molar-refractivity contribution in [1.82, 2.24) is 4.72 Å². The third kappa shape index (κ3) is 5.50. The molecule has 1 fully saturated rings. The Labute approximate surface area is 182 Å². The number of hydrogen-bond donors (Lipinski definition) is 2. The van der Waals surface area contributed by atoms with Gasteiger partial charge in [-0.25, -0.2) is 21.6 Å². The molecule has 31 heavy (non-hydrogen) atoms. The van der Waals surface area contributed by atoms with Crippen LogP contribution in [0.3, 0.4) is 0 Å². The van der Waals surface area contributed by atoms with Crippen LogP contribution in [0.15, 0.2) is 53.4 Å². The zero-order valence-electron chi connectivity index (χ0n) is 17.1. The number of nitrogens with one attached hydrogen (secondary N) is 2. The second-order valence-electron chi connectivity index (χ2n) is 8.01. The van der Waals surface area contributed by atoms with Gasteiger partial charge in [-0.1, -0.05) is 12.1 Å². The predicted molar refractivity (Wildman–Crippen MR) is 117 cm³/mol. The molecule has 164 valence electrons. The number of rotatable bonds is 6. The fourth-order valence-electron chi connectivity index (χ4n) is 3.20. The molecule has 1 amide bonds. The highest BCUT2D eigenvalue weighted by molar-refractivity contribution is 7.92. The first-order valence-electron chi connectivity index (χ1n) is 9.58. The van der Waals surface area contributed by atoms with Crippen molar-refractivity contribution in [2.45, 2.75) is 36.6 Å². The molecule has 0 aliphatic carbocycles. The molecule has 0 radical (unpaired) electrons. The van der Waals surface area contributed by atoms with Crippen LogP contribution < -0.4 is 10.0 Å². The van der Waals surface area contributed by atoms with Crippen LogP contribution >= 0.6 is 0 Å². The van der Waals surface area contributed by atoms with Gasteiger partial charge in [0.1, 0.15) is 0 Å². The van der Waals surface area contributed by atoms with E-state index in [2.05, 4.69) is 16.1 Å². The quantitative estimate of drug-likeness (QED) is 0.678. The zero-order valence-corrected chi connectivity index (χ0v) is 18.8. The Kier molecular flexibility index (Phi) is 6.23. The van der Waals surface area contributed by atoms with Crippen LogP contribution in [0.4, 0.5) is 5.69 Å². The second-order valence-corrected chi connectivity index (χ2v) is 12.0. The average molecular weight is 462 g/mol. The standard InChI is InChI=1S/C21H23N3O5S2/c1-21(2,14-22)16-5-7-17(8-6-16)23-20(25)15-3-9-19(10-4-15)31(28,29)24-18-11-12-30(26,27)13-18/h3-10,18,24H,11-13H2,1-2H3,(H,23,25). The maximum Gasteiger partial charge on any atom is 0.255 e. The molecule has 0 spiro atoms. The van der Waals surface area contributed by atoms with E-state index in [-0.39, 0.29) is 28.4 Å². The van der Waals surface area contributed by atoms with Crippen molar-refractivity contribution < 1.29 is 21.6 Å². The van der Waals surface area contributed by atoms with Gasteiger partial charge in [-0.2, -0.15) is 5.26 Å². The highest BCUT2D eigenvalue weighted by Crippen LogP contribution is 2.24. The number of benzene rings is 2. The maximum atomic E-state index is 12.5. The summed E-state index contributed by atoms with van der Waals surface area (Å²) in [7, 11) is -7.10. The minimum atomic E-state index is -3.89. The summed E-state index contributed by atoms with van der Waals surface area (Å²) in [6, 6.07) is 13.9. The molecule has 1 saturated heterocycles. The van der Waals surface area contributed by atoms with Crippen molar-refractivity contribution in [2.24, 2.45) is 0 Å². The first kappa shape index (κ1) is 22.9. The minimum Gasteiger partial charge on any atom is -0.322 e. The van der Waals surface area contributed by atoms with Crippen molar-refractivity contribution >= 4 is 31.5 Å². The summed E-state index contributed by atoms with van der Waals surface area (Å²) >= 11 is 0. The highest BCUT2D eigenvalue weighted by Gasteiger charge is 2.31. The summed E-state index contributed by atoms with van der Waals surface area (Å²) in [4.78, 5) is 12.4. The van der Waals surface area contributed by atoms with E-state index in [9.17, 15) is 26.9 Å². The van der Waals surface area contributed by atoms with E-state index in [0.29, 0.717) is 5.69 Å². The minimum absolute atomic E-state index is 0.0334. The van der Waals surface area contributed by atoms with Crippen molar-refractivity contribution in [2.75, 3.05) is 16.8 Å². The summed E-state index contributed by atoms with van der Waals surface area (Å²) in [6.07, 6.45) is 0.242. The SMILES string of the molecule is CC(C)(C#N)c1ccc(NC(=O)c2ccc(S(=O)(=O)NC3CCS(=O)(=O)C3)cc2)cc1. The highest BCUT2D eigenvalue weighted by atomic mass is 32.2. The molecule has 2 aromatic carbocycles. The van der Waals surface area contributed by atoms with E-state index >= 15 is 0 Å². The monoisotopic (exact) mass is 461 g/mol. The first-order valence-corrected chi connectivity index (χ1v) is 12.9. The van der Waals surface area contributed by atoms with Crippen LogP contribution in [0.1, 0.15) is 36.2 Å². The molecule has 0 aromatic heterocycles. The molecule has 2 aromatic rings. The third-order valence-electron chi connectivity index (χ3n) is 5.13. The topological polar surface area (TPSA) is 133 Å². The first-order chi connectivity index (χ1) is 14.4. The molecule has 1 aliphatic heterocycles. The van der Waals surface area contributed by atoms with E-state index in [1.807, 2.05) is 0 Å². The van der Waals surface area contributed by atoms with Crippen molar-refractivity contribution in [3.63, 3.8) is 0 Å². The van der Waals surface area contributed by atoms with Crippen molar-refractivity contribution in [3.05, 3.63) is 59.7 Å². The number of carbonyl (C=O) groups excluding carboxylic acids is 1. The number of hydrogen-bond acceptors (Lipinski definition) is 6. The van der Waals surface area contributed by atoms with Crippen LogP contribution in [0.2, 0.25) is 0 Å². The van der Waals surface area contributed by atoms with Gasteiger partial charge in [0.05, 0.1) is 27.9 Å². The molecule has 1 unspecified atom stereocenters. The zero-order chi connectivity index (χ0) is 22.9. The molecule has 8 nitrogen and oxygen atoms in total. The molecule has 1 aliphatic rings. The Morgan fingerprint density at radius 1 is 1.10 bits per heavy atom. The maximum absolute atomic E-state index is 12.5. The number of anilines is 1. The smallest absolute Gasteiger partial charge is 0.255 e. The Bertz CT molecular complexity index is 1230. The van der Waals surface area contributed by atoms with Gasteiger partial charge in [0, 0.05) is 17.3 Å². The second kappa shape index (κ2) is 8.42. The Morgan fingerprint density at radius 3 is 2.23 bits per heavy atom. The predicted octanol–water partition coefficient (Wildman–Crippen LogP) is 2.21. The summed E-state index contributed by atoms with van der Waals surface area (Å²) in [5, 5.41) is 11.9. The summed E-state index contributed by atoms with van der Waals surface area (Å²) in [6.45, 7) is 3.60. The summed E-state index contributed by atoms with van der Waals surface area (Å²) < 4.78 is 50.4. The fourth-order valence-corrected chi connectivity index (χ4v) is 6.25. The molecule has 1 heterocycles. The molecule has 0 bridgehead atoms. The number of amides is 1. The molecule has 1 atom stereocenters. The van der Waals surface area contributed by atoms with Gasteiger partial charge < -0.3 is 5.32 Å². The number of carbonyl (C=O) groups is 1. The Hall–Kier alpha value is -2.74. The van der Waals surface area contributed by atoms with Gasteiger partial charge in [-0.3, -0.25) is 4.79 Å². The van der Waals surface area contributed by atoms with Crippen LogP contribution in [0.5, 0.6) is 0 Å². The lowest BCUT2D eigenvalue weighted by atomic mass is 9.86.